The highest BCUT2D eigenvalue weighted by atomic mass is 15.2. The standard InChI is InChI=1S/C20H30N2/c1-16(19-14-8-9-15-20(19)21)22(17-10-4-2-5-11-17)18-12-6-3-7-13-18/h8-9,14-15,17-18H,1-7,10-13,21H2. The minimum atomic E-state index is 0.670. The summed E-state index contributed by atoms with van der Waals surface area (Å²) >= 11 is 0. The molecule has 2 fully saturated rings. The van der Waals surface area contributed by atoms with Crippen LogP contribution in [0, 0.1) is 0 Å². The number of anilines is 1. The van der Waals surface area contributed by atoms with Crippen molar-refractivity contribution in [2.24, 2.45) is 0 Å². The molecule has 2 aliphatic rings. The van der Waals surface area contributed by atoms with Crippen LogP contribution in [0.2, 0.25) is 0 Å². The van der Waals surface area contributed by atoms with Crippen molar-refractivity contribution in [3.8, 4) is 0 Å². The average molecular weight is 298 g/mol. The molecule has 0 saturated heterocycles. The third-order valence-corrected chi connectivity index (χ3v) is 5.52. The highest BCUT2D eigenvalue weighted by molar-refractivity contribution is 5.72. The van der Waals surface area contributed by atoms with E-state index in [0.29, 0.717) is 12.1 Å². The van der Waals surface area contributed by atoms with Crippen LogP contribution in [-0.4, -0.2) is 17.0 Å². The lowest BCUT2D eigenvalue weighted by molar-refractivity contribution is 0.146. The van der Waals surface area contributed by atoms with Gasteiger partial charge in [-0.3, -0.25) is 0 Å². The molecule has 0 amide bonds. The fourth-order valence-corrected chi connectivity index (χ4v) is 4.36. The van der Waals surface area contributed by atoms with Crippen molar-refractivity contribution in [1.82, 2.24) is 4.90 Å². The van der Waals surface area contributed by atoms with Gasteiger partial charge >= 0.3 is 0 Å². The van der Waals surface area contributed by atoms with Crippen molar-refractivity contribution in [2.45, 2.75) is 76.3 Å². The molecule has 3 rings (SSSR count). The van der Waals surface area contributed by atoms with E-state index in [9.17, 15) is 0 Å². The van der Waals surface area contributed by atoms with Gasteiger partial charge in [-0.2, -0.15) is 0 Å². The number of hydrogen-bond donors (Lipinski definition) is 1. The predicted octanol–water partition coefficient (Wildman–Crippen LogP) is 5.21. The van der Waals surface area contributed by atoms with Gasteiger partial charge < -0.3 is 10.6 Å². The van der Waals surface area contributed by atoms with Gasteiger partial charge in [0.25, 0.3) is 0 Å². The largest absolute Gasteiger partial charge is 0.398 e. The molecule has 22 heavy (non-hydrogen) atoms. The average Bonchev–Trinajstić information content (AvgIpc) is 2.57. The van der Waals surface area contributed by atoms with E-state index in [0.717, 1.165) is 16.9 Å². The molecule has 0 unspecified atom stereocenters. The Hall–Kier alpha value is -1.44. The van der Waals surface area contributed by atoms with Crippen molar-refractivity contribution in [1.29, 1.82) is 0 Å². The lowest BCUT2D eigenvalue weighted by atomic mass is 9.87. The first-order valence-corrected chi connectivity index (χ1v) is 9.09. The summed E-state index contributed by atoms with van der Waals surface area (Å²) in [6, 6.07) is 9.57. The second-order valence-electron chi connectivity index (χ2n) is 7.02. The first kappa shape index (κ1) is 15.5. The Kier molecular flexibility index (Phi) is 5.07. The molecule has 0 aromatic heterocycles. The molecular weight excluding hydrogens is 268 g/mol. The van der Waals surface area contributed by atoms with E-state index in [1.54, 1.807) is 0 Å². The summed E-state index contributed by atoms with van der Waals surface area (Å²) in [7, 11) is 0. The minimum absolute atomic E-state index is 0.670. The molecule has 120 valence electrons. The number of benzene rings is 1. The Bertz CT molecular complexity index is 478. The van der Waals surface area contributed by atoms with Gasteiger partial charge in [-0.15, -0.1) is 0 Å². The topological polar surface area (TPSA) is 29.3 Å². The zero-order valence-corrected chi connectivity index (χ0v) is 13.8. The van der Waals surface area contributed by atoms with Gasteiger partial charge in [0.2, 0.25) is 0 Å². The monoisotopic (exact) mass is 298 g/mol. The maximum absolute atomic E-state index is 6.23. The highest BCUT2D eigenvalue weighted by Crippen LogP contribution is 2.36. The molecule has 2 heteroatoms. The summed E-state index contributed by atoms with van der Waals surface area (Å²) in [5, 5.41) is 0. The van der Waals surface area contributed by atoms with Crippen molar-refractivity contribution in [2.75, 3.05) is 5.73 Å². The second-order valence-corrected chi connectivity index (χ2v) is 7.02. The molecular formula is C20H30N2. The first-order valence-electron chi connectivity index (χ1n) is 9.09. The van der Waals surface area contributed by atoms with Gasteiger partial charge in [-0.1, -0.05) is 63.3 Å². The van der Waals surface area contributed by atoms with E-state index in [1.807, 2.05) is 12.1 Å². The highest BCUT2D eigenvalue weighted by Gasteiger charge is 2.30. The smallest absolute Gasteiger partial charge is 0.0408 e. The maximum atomic E-state index is 6.23. The van der Waals surface area contributed by atoms with Crippen molar-refractivity contribution in [3.63, 3.8) is 0 Å². The molecule has 0 heterocycles. The van der Waals surface area contributed by atoms with Crippen LogP contribution in [0.15, 0.2) is 30.8 Å². The number of nitrogens with zero attached hydrogens (tertiary/aromatic N) is 1. The lowest BCUT2D eigenvalue weighted by Gasteiger charge is -2.44. The SMILES string of the molecule is C=C(c1ccccc1N)N(C1CCCCC1)C1CCCCC1. The van der Waals surface area contributed by atoms with Crippen molar-refractivity contribution in [3.05, 3.63) is 36.4 Å². The molecule has 1 aromatic rings. The van der Waals surface area contributed by atoms with Crippen LogP contribution >= 0.6 is 0 Å². The molecule has 0 spiro atoms. The number of hydrogen-bond acceptors (Lipinski definition) is 2. The van der Waals surface area contributed by atoms with E-state index >= 15 is 0 Å². The van der Waals surface area contributed by atoms with Crippen LogP contribution in [0.5, 0.6) is 0 Å². The third kappa shape index (κ3) is 3.31. The Morgan fingerprint density at radius 2 is 1.36 bits per heavy atom. The first-order chi connectivity index (χ1) is 10.8. The van der Waals surface area contributed by atoms with Crippen LogP contribution in [0.1, 0.15) is 69.8 Å². The Morgan fingerprint density at radius 3 is 1.86 bits per heavy atom. The molecule has 0 radical (unpaired) electrons. The van der Waals surface area contributed by atoms with Crippen molar-refractivity contribution >= 4 is 11.4 Å². The Morgan fingerprint density at radius 1 is 0.864 bits per heavy atom. The number of nitrogens with two attached hydrogens (primary N) is 1. The maximum Gasteiger partial charge on any atom is 0.0408 e. The molecule has 2 N–H and O–H groups in total. The summed E-state index contributed by atoms with van der Waals surface area (Å²) in [6.07, 6.45) is 13.5. The van der Waals surface area contributed by atoms with Gasteiger partial charge in [-0.05, 0) is 31.7 Å². The second kappa shape index (κ2) is 7.21. The van der Waals surface area contributed by atoms with Crippen LogP contribution in [-0.2, 0) is 0 Å². The molecule has 0 aliphatic heterocycles. The molecule has 0 atom stereocenters. The molecule has 2 aliphatic carbocycles. The van der Waals surface area contributed by atoms with E-state index in [2.05, 4.69) is 23.6 Å². The lowest BCUT2D eigenvalue weighted by Crippen LogP contribution is -2.43. The fraction of sp³-hybridized carbons (Fsp3) is 0.600. The Balaban J connectivity index is 1.86. The summed E-state index contributed by atoms with van der Waals surface area (Å²) in [4.78, 5) is 2.67. The van der Waals surface area contributed by atoms with E-state index in [4.69, 9.17) is 5.73 Å². The van der Waals surface area contributed by atoms with Gasteiger partial charge in [0.15, 0.2) is 0 Å². The molecule has 1 aromatic carbocycles. The zero-order chi connectivity index (χ0) is 15.4. The van der Waals surface area contributed by atoms with Crippen LogP contribution in [0.3, 0.4) is 0 Å². The van der Waals surface area contributed by atoms with E-state index < -0.39 is 0 Å². The van der Waals surface area contributed by atoms with E-state index in [1.165, 1.54) is 64.2 Å². The number of nitrogen functional groups attached to an aromatic ring is 1. The molecule has 0 bridgehead atoms. The summed E-state index contributed by atoms with van der Waals surface area (Å²) in [5.41, 5.74) is 9.40. The van der Waals surface area contributed by atoms with Gasteiger partial charge in [-0.25, -0.2) is 0 Å². The van der Waals surface area contributed by atoms with Gasteiger partial charge in [0.05, 0.1) is 0 Å². The van der Waals surface area contributed by atoms with Gasteiger partial charge in [0, 0.05) is 29.0 Å². The predicted molar refractivity (Wildman–Crippen MR) is 95.5 cm³/mol. The normalized spacial score (nSPS) is 20.7. The summed E-state index contributed by atoms with van der Waals surface area (Å²) in [5.74, 6) is 0. The number of para-hydroxylation sites is 1. The summed E-state index contributed by atoms with van der Waals surface area (Å²) in [6.45, 7) is 4.48. The quantitative estimate of drug-likeness (QED) is 0.773. The van der Waals surface area contributed by atoms with Crippen LogP contribution < -0.4 is 5.73 Å². The van der Waals surface area contributed by atoms with Crippen molar-refractivity contribution < 1.29 is 0 Å². The zero-order valence-electron chi connectivity index (χ0n) is 13.8. The molecule has 2 saturated carbocycles. The molecule has 2 nitrogen and oxygen atoms in total. The van der Waals surface area contributed by atoms with Gasteiger partial charge in [0.1, 0.15) is 0 Å². The fourth-order valence-electron chi connectivity index (χ4n) is 4.36. The van der Waals surface area contributed by atoms with Crippen LogP contribution in [0.4, 0.5) is 5.69 Å². The summed E-state index contributed by atoms with van der Waals surface area (Å²) < 4.78 is 0. The third-order valence-electron chi connectivity index (χ3n) is 5.52. The minimum Gasteiger partial charge on any atom is -0.398 e. The Labute approximate surface area is 135 Å². The van der Waals surface area contributed by atoms with Crippen LogP contribution in [0.25, 0.3) is 5.70 Å². The number of rotatable bonds is 4. The van der Waals surface area contributed by atoms with E-state index in [-0.39, 0.29) is 0 Å².